The van der Waals surface area contributed by atoms with Gasteiger partial charge in [0.1, 0.15) is 23.9 Å². The van der Waals surface area contributed by atoms with Crippen molar-refractivity contribution in [3.05, 3.63) is 17.5 Å². The predicted molar refractivity (Wildman–Crippen MR) is 61.4 cm³/mol. The van der Waals surface area contributed by atoms with E-state index in [9.17, 15) is 4.79 Å². The number of hydrogen-bond acceptors (Lipinski definition) is 4. The maximum absolute atomic E-state index is 11.4. The zero-order valence-electron chi connectivity index (χ0n) is 9.45. The highest BCUT2D eigenvalue weighted by Crippen LogP contribution is 2.09. The van der Waals surface area contributed by atoms with Gasteiger partial charge in [0.05, 0.1) is 5.60 Å². The summed E-state index contributed by atoms with van der Waals surface area (Å²) in [7, 11) is 0. The Morgan fingerprint density at radius 2 is 2.19 bits per heavy atom. The van der Waals surface area contributed by atoms with Crippen molar-refractivity contribution < 1.29 is 9.53 Å². The highest BCUT2D eigenvalue weighted by molar-refractivity contribution is 6.29. The summed E-state index contributed by atoms with van der Waals surface area (Å²) in [6.45, 7) is 5.61. The molecule has 0 aromatic carbocycles. The Hall–Kier alpha value is -1.20. The maximum Gasteiger partial charge on any atom is 0.251 e. The van der Waals surface area contributed by atoms with Gasteiger partial charge in [0.25, 0.3) is 5.91 Å². The van der Waals surface area contributed by atoms with E-state index in [0.29, 0.717) is 5.82 Å². The third kappa shape index (κ3) is 5.04. The second-order valence-electron chi connectivity index (χ2n) is 4.18. The van der Waals surface area contributed by atoms with E-state index >= 15 is 0 Å². The summed E-state index contributed by atoms with van der Waals surface area (Å²) in [6, 6.07) is 1.47. The molecule has 88 valence electrons. The molecule has 1 aromatic heterocycles. The minimum Gasteiger partial charge on any atom is -0.366 e. The summed E-state index contributed by atoms with van der Waals surface area (Å²) in [5.41, 5.74) is -0.347. The van der Waals surface area contributed by atoms with Gasteiger partial charge in [0.2, 0.25) is 0 Å². The zero-order valence-corrected chi connectivity index (χ0v) is 10.2. The van der Waals surface area contributed by atoms with Gasteiger partial charge in [0.15, 0.2) is 0 Å². The number of nitrogens with one attached hydrogen (secondary N) is 1. The van der Waals surface area contributed by atoms with Crippen LogP contribution >= 0.6 is 11.6 Å². The van der Waals surface area contributed by atoms with E-state index in [-0.39, 0.29) is 23.3 Å². The van der Waals surface area contributed by atoms with Crippen LogP contribution in [-0.2, 0) is 9.53 Å². The quantitative estimate of drug-likeness (QED) is 0.824. The van der Waals surface area contributed by atoms with E-state index in [1.807, 2.05) is 20.8 Å². The first-order valence-corrected chi connectivity index (χ1v) is 5.16. The van der Waals surface area contributed by atoms with Gasteiger partial charge in [-0.25, -0.2) is 9.97 Å². The SMILES string of the molecule is CC(C)(C)OCC(=O)Nc1cc(Cl)ncn1. The van der Waals surface area contributed by atoms with Crippen molar-refractivity contribution in [2.75, 3.05) is 11.9 Å². The van der Waals surface area contributed by atoms with Crippen LogP contribution in [0, 0.1) is 0 Å². The number of hydrogen-bond donors (Lipinski definition) is 1. The van der Waals surface area contributed by atoms with Crippen LogP contribution in [0.4, 0.5) is 5.82 Å². The largest absolute Gasteiger partial charge is 0.366 e. The third-order valence-corrected chi connectivity index (χ3v) is 1.74. The average molecular weight is 244 g/mol. The van der Waals surface area contributed by atoms with Crippen LogP contribution < -0.4 is 5.32 Å². The molecule has 0 radical (unpaired) electrons. The van der Waals surface area contributed by atoms with E-state index in [1.54, 1.807) is 0 Å². The highest BCUT2D eigenvalue weighted by atomic mass is 35.5. The number of rotatable bonds is 3. The lowest BCUT2D eigenvalue weighted by molar-refractivity contribution is -0.125. The second-order valence-corrected chi connectivity index (χ2v) is 4.56. The summed E-state index contributed by atoms with van der Waals surface area (Å²) in [5, 5.41) is 2.84. The van der Waals surface area contributed by atoms with Crippen molar-refractivity contribution in [3.8, 4) is 0 Å². The maximum atomic E-state index is 11.4. The zero-order chi connectivity index (χ0) is 12.2. The smallest absolute Gasteiger partial charge is 0.251 e. The Kier molecular flexibility index (Phi) is 4.20. The van der Waals surface area contributed by atoms with Gasteiger partial charge < -0.3 is 10.1 Å². The monoisotopic (exact) mass is 243 g/mol. The first kappa shape index (κ1) is 12.9. The van der Waals surface area contributed by atoms with Gasteiger partial charge in [0, 0.05) is 6.07 Å². The fraction of sp³-hybridized carbons (Fsp3) is 0.500. The van der Waals surface area contributed by atoms with Crippen molar-refractivity contribution in [2.24, 2.45) is 0 Å². The van der Waals surface area contributed by atoms with E-state index < -0.39 is 0 Å². The number of carbonyl (C=O) groups excluding carboxylic acids is 1. The predicted octanol–water partition coefficient (Wildman–Crippen LogP) is 1.88. The van der Waals surface area contributed by atoms with Crippen LogP contribution in [0.2, 0.25) is 5.15 Å². The number of amides is 1. The molecule has 0 spiro atoms. The molecule has 0 saturated heterocycles. The number of aromatic nitrogens is 2. The minimum atomic E-state index is -0.347. The molecule has 1 rings (SSSR count). The summed E-state index contributed by atoms with van der Waals surface area (Å²) in [4.78, 5) is 19.0. The molecule has 16 heavy (non-hydrogen) atoms. The summed E-state index contributed by atoms with van der Waals surface area (Å²) < 4.78 is 5.31. The average Bonchev–Trinajstić information content (AvgIpc) is 2.14. The first-order chi connectivity index (χ1) is 7.37. The van der Waals surface area contributed by atoms with Gasteiger partial charge in [-0.1, -0.05) is 11.6 Å². The molecule has 1 aromatic rings. The molecule has 1 amide bonds. The Balaban J connectivity index is 2.46. The topological polar surface area (TPSA) is 64.1 Å². The van der Waals surface area contributed by atoms with Crippen molar-refractivity contribution in [2.45, 2.75) is 26.4 Å². The molecule has 0 unspecified atom stereocenters. The Labute approximate surface area is 99.2 Å². The summed E-state index contributed by atoms with van der Waals surface area (Å²) in [6.07, 6.45) is 1.28. The molecule has 0 fully saturated rings. The molecule has 0 atom stereocenters. The standard InChI is InChI=1S/C10H14ClN3O2/c1-10(2,3)16-5-9(15)14-8-4-7(11)12-6-13-8/h4,6H,5H2,1-3H3,(H,12,13,14,15). The fourth-order valence-electron chi connectivity index (χ4n) is 0.863. The van der Waals surface area contributed by atoms with Crippen LogP contribution in [0.25, 0.3) is 0 Å². The van der Waals surface area contributed by atoms with Crippen LogP contribution in [0.1, 0.15) is 20.8 Å². The Bertz CT molecular complexity index is 377. The van der Waals surface area contributed by atoms with Gasteiger partial charge in [-0.05, 0) is 20.8 Å². The molecular weight excluding hydrogens is 230 g/mol. The molecule has 1 heterocycles. The number of carbonyl (C=O) groups is 1. The third-order valence-electron chi connectivity index (χ3n) is 1.54. The number of nitrogens with zero attached hydrogens (tertiary/aromatic N) is 2. The summed E-state index contributed by atoms with van der Waals surface area (Å²) in [5.74, 6) is 0.0900. The Morgan fingerprint density at radius 1 is 1.50 bits per heavy atom. The van der Waals surface area contributed by atoms with Crippen molar-refractivity contribution in [1.82, 2.24) is 9.97 Å². The minimum absolute atomic E-state index is 0.0227. The molecule has 0 aliphatic carbocycles. The van der Waals surface area contributed by atoms with Crippen LogP contribution in [0.3, 0.4) is 0 Å². The normalized spacial score (nSPS) is 11.2. The molecule has 0 aliphatic heterocycles. The molecule has 5 nitrogen and oxygen atoms in total. The van der Waals surface area contributed by atoms with Crippen LogP contribution in [0.15, 0.2) is 12.4 Å². The van der Waals surface area contributed by atoms with E-state index in [1.165, 1.54) is 12.4 Å². The lowest BCUT2D eigenvalue weighted by Gasteiger charge is -2.18. The van der Waals surface area contributed by atoms with Crippen molar-refractivity contribution in [3.63, 3.8) is 0 Å². The lowest BCUT2D eigenvalue weighted by atomic mass is 10.2. The number of anilines is 1. The van der Waals surface area contributed by atoms with Crippen molar-refractivity contribution >= 4 is 23.3 Å². The lowest BCUT2D eigenvalue weighted by Crippen LogP contribution is -2.27. The molecule has 0 aliphatic rings. The molecule has 6 heteroatoms. The van der Waals surface area contributed by atoms with Gasteiger partial charge >= 0.3 is 0 Å². The van der Waals surface area contributed by atoms with Gasteiger partial charge in [-0.2, -0.15) is 0 Å². The second kappa shape index (κ2) is 5.23. The van der Waals surface area contributed by atoms with Gasteiger partial charge in [-0.3, -0.25) is 4.79 Å². The van der Waals surface area contributed by atoms with Crippen LogP contribution in [0.5, 0.6) is 0 Å². The molecule has 0 saturated carbocycles. The fourth-order valence-corrected chi connectivity index (χ4v) is 1.01. The summed E-state index contributed by atoms with van der Waals surface area (Å²) >= 11 is 5.64. The van der Waals surface area contributed by atoms with E-state index in [4.69, 9.17) is 16.3 Å². The number of ether oxygens (including phenoxy) is 1. The Morgan fingerprint density at radius 3 is 2.75 bits per heavy atom. The molecule has 1 N–H and O–H groups in total. The highest BCUT2D eigenvalue weighted by Gasteiger charge is 2.13. The van der Waals surface area contributed by atoms with Crippen molar-refractivity contribution in [1.29, 1.82) is 0 Å². The van der Waals surface area contributed by atoms with E-state index in [2.05, 4.69) is 15.3 Å². The molecule has 0 bridgehead atoms. The van der Waals surface area contributed by atoms with Crippen LogP contribution in [-0.4, -0.2) is 28.1 Å². The van der Waals surface area contributed by atoms with Gasteiger partial charge in [-0.15, -0.1) is 0 Å². The first-order valence-electron chi connectivity index (χ1n) is 4.78. The van der Waals surface area contributed by atoms with E-state index in [0.717, 1.165) is 0 Å². The number of halogens is 1. The molecular formula is C10H14ClN3O2.